The van der Waals surface area contributed by atoms with Crippen molar-refractivity contribution in [1.82, 2.24) is 25.5 Å². The predicted molar refractivity (Wildman–Crippen MR) is 199 cm³/mol. The Balaban J connectivity index is 1.40. The number of carbonyl (C=O) groups excluding carboxylic acids is 2. The summed E-state index contributed by atoms with van der Waals surface area (Å²) in [6, 6.07) is 15.4. The number of nitrogens with zero attached hydrogens (tertiary/aromatic N) is 3. The average Bonchev–Trinajstić information content (AvgIpc) is 3.52. The van der Waals surface area contributed by atoms with Crippen molar-refractivity contribution in [3.63, 3.8) is 0 Å². The first kappa shape index (κ1) is 38.7. The molecule has 0 saturated carbocycles. The van der Waals surface area contributed by atoms with Crippen LogP contribution >= 0.6 is 23.2 Å². The SMILES string of the molecule is COc1nc(-c2ccnc(-c3cccc(Nc4cccc(CNCCCF)c4F)c3Cl)c2Cl)ccc1CN(C[C@@H]1CCC(=O)N1)C(=O)OC(C)(C)C. The van der Waals surface area contributed by atoms with Crippen LogP contribution in [0.4, 0.5) is 25.0 Å². The number of anilines is 2. The third-order valence-electron chi connectivity index (χ3n) is 8.24. The number of methoxy groups -OCH3 is 1. The Hall–Kier alpha value is -4.52. The van der Waals surface area contributed by atoms with E-state index in [-0.39, 0.29) is 53.2 Å². The predicted octanol–water partition coefficient (Wildman–Crippen LogP) is 8.47. The summed E-state index contributed by atoms with van der Waals surface area (Å²) in [5.41, 5.74) is 2.96. The number of hydrogen-bond acceptors (Lipinski definition) is 8. The van der Waals surface area contributed by atoms with Crippen LogP contribution in [0.3, 0.4) is 0 Å². The third-order valence-corrected chi connectivity index (χ3v) is 9.03. The Labute approximate surface area is 312 Å². The number of hydrogen-bond donors (Lipinski definition) is 3. The van der Waals surface area contributed by atoms with Crippen LogP contribution in [0.15, 0.2) is 60.8 Å². The molecule has 0 unspecified atom stereocenters. The number of amides is 2. The summed E-state index contributed by atoms with van der Waals surface area (Å²) in [6.45, 7) is 6.02. The molecule has 4 aromatic rings. The summed E-state index contributed by atoms with van der Waals surface area (Å²) in [5.74, 6) is -0.217. The minimum atomic E-state index is -0.717. The number of rotatable bonds is 14. The van der Waals surface area contributed by atoms with Gasteiger partial charge in [-0.2, -0.15) is 0 Å². The fraction of sp³-hybridized carbons (Fsp3) is 0.368. The van der Waals surface area contributed by atoms with Gasteiger partial charge < -0.3 is 30.3 Å². The van der Waals surface area contributed by atoms with Gasteiger partial charge in [0, 0.05) is 54.0 Å². The minimum Gasteiger partial charge on any atom is -0.481 e. The van der Waals surface area contributed by atoms with Gasteiger partial charge in [0.15, 0.2) is 5.82 Å². The topological polar surface area (TPSA) is 118 Å². The highest BCUT2D eigenvalue weighted by atomic mass is 35.5. The van der Waals surface area contributed by atoms with Crippen LogP contribution in [0.2, 0.25) is 10.0 Å². The van der Waals surface area contributed by atoms with Gasteiger partial charge in [-0.1, -0.05) is 47.5 Å². The molecule has 1 aliphatic rings. The standard InChI is InChI=1S/C38H42Cl2F2N6O4/c1-38(2,3)52-37(50)48(22-25-13-15-31(49)45-25)21-24-12-14-28(47-36(24)51-4)26-16-19-44-35(33(26)40)27-9-6-10-29(32(27)39)46-30-11-5-8-23(34(30)42)20-43-18-7-17-41/h5-6,8-12,14,16,19,25,43,46H,7,13,15,17-18,20-22H2,1-4H3,(H,45,49)/t25-/m0/s1. The second kappa shape index (κ2) is 17.3. The molecule has 1 atom stereocenters. The molecule has 10 nitrogen and oxygen atoms in total. The molecule has 0 spiro atoms. The van der Waals surface area contributed by atoms with Crippen molar-refractivity contribution in [2.75, 3.05) is 32.2 Å². The molecule has 0 bridgehead atoms. The van der Waals surface area contributed by atoms with Crippen molar-refractivity contribution in [1.29, 1.82) is 0 Å². The lowest BCUT2D eigenvalue weighted by molar-refractivity contribution is -0.119. The van der Waals surface area contributed by atoms with Crippen LogP contribution in [0.25, 0.3) is 22.5 Å². The molecular weight excluding hydrogens is 713 g/mol. The number of alkyl halides is 1. The third kappa shape index (κ3) is 9.67. The highest BCUT2D eigenvalue weighted by molar-refractivity contribution is 6.39. The van der Waals surface area contributed by atoms with Crippen molar-refractivity contribution < 1.29 is 27.8 Å². The van der Waals surface area contributed by atoms with Crippen molar-refractivity contribution in [2.24, 2.45) is 0 Å². The van der Waals surface area contributed by atoms with E-state index in [9.17, 15) is 14.0 Å². The number of pyridine rings is 2. The van der Waals surface area contributed by atoms with Gasteiger partial charge in [0.1, 0.15) is 5.60 Å². The van der Waals surface area contributed by atoms with E-state index >= 15 is 4.39 Å². The molecule has 1 aliphatic heterocycles. The van der Waals surface area contributed by atoms with Crippen molar-refractivity contribution >= 4 is 46.6 Å². The Morgan fingerprint density at radius 3 is 2.52 bits per heavy atom. The van der Waals surface area contributed by atoms with Crippen LogP contribution in [0.1, 0.15) is 51.2 Å². The molecule has 276 valence electrons. The number of ether oxygens (including phenoxy) is 2. The van der Waals surface area contributed by atoms with E-state index in [1.165, 1.54) is 12.0 Å². The molecule has 5 rings (SSSR count). The number of nitrogens with one attached hydrogen (secondary N) is 3. The zero-order valence-corrected chi connectivity index (χ0v) is 31.0. The lowest BCUT2D eigenvalue weighted by Gasteiger charge is -2.29. The molecule has 2 aromatic heterocycles. The van der Waals surface area contributed by atoms with Crippen LogP contribution < -0.4 is 20.7 Å². The molecule has 1 fully saturated rings. The van der Waals surface area contributed by atoms with Crippen LogP contribution in [0, 0.1) is 5.82 Å². The second-order valence-corrected chi connectivity index (χ2v) is 14.1. The molecule has 0 aliphatic carbocycles. The lowest BCUT2D eigenvalue weighted by atomic mass is 10.0. The summed E-state index contributed by atoms with van der Waals surface area (Å²) < 4.78 is 39.2. The van der Waals surface area contributed by atoms with Gasteiger partial charge in [-0.15, -0.1) is 0 Å². The minimum absolute atomic E-state index is 0.0500. The Morgan fingerprint density at radius 1 is 1.04 bits per heavy atom. The molecular formula is C38H42Cl2F2N6O4. The first-order valence-corrected chi connectivity index (χ1v) is 17.7. The fourth-order valence-corrected chi connectivity index (χ4v) is 6.32. The smallest absolute Gasteiger partial charge is 0.410 e. The maximum Gasteiger partial charge on any atom is 0.410 e. The fourth-order valence-electron chi connectivity index (χ4n) is 5.75. The average molecular weight is 756 g/mol. The highest BCUT2D eigenvalue weighted by Gasteiger charge is 2.29. The first-order chi connectivity index (χ1) is 24.9. The van der Waals surface area contributed by atoms with E-state index in [1.807, 2.05) is 0 Å². The number of carbonyl (C=O) groups is 2. The Kier molecular flexibility index (Phi) is 12.9. The Bertz CT molecular complexity index is 1910. The molecule has 0 radical (unpaired) electrons. The summed E-state index contributed by atoms with van der Waals surface area (Å²) in [7, 11) is 1.49. The van der Waals surface area contributed by atoms with Gasteiger partial charge in [-0.05, 0) is 70.5 Å². The maximum absolute atomic E-state index is 15.4. The van der Waals surface area contributed by atoms with Gasteiger partial charge in [-0.25, -0.2) is 14.2 Å². The first-order valence-electron chi connectivity index (χ1n) is 16.9. The lowest BCUT2D eigenvalue weighted by Crippen LogP contribution is -2.43. The van der Waals surface area contributed by atoms with Gasteiger partial charge in [0.25, 0.3) is 0 Å². The van der Waals surface area contributed by atoms with Crippen LogP contribution in [0.5, 0.6) is 5.88 Å². The van der Waals surface area contributed by atoms with E-state index in [1.54, 1.807) is 81.6 Å². The van der Waals surface area contributed by atoms with Gasteiger partial charge in [0.05, 0.1) is 53.1 Å². The van der Waals surface area contributed by atoms with E-state index < -0.39 is 24.2 Å². The molecule has 14 heteroatoms. The van der Waals surface area contributed by atoms with Crippen LogP contribution in [-0.4, -0.2) is 65.4 Å². The van der Waals surface area contributed by atoms with Gasteiger partial charge in [-0.3, -0.25) is 14.2 Å². The van der Waals surface area contributed by atoms with Gasteiger partial charge in [0.2, 0.25) is 11.8 Å². The summed E-state index contributed by atoms with van der Waals surface area (Å²) in [5, 5.41) is 9.60. The summed E-state index contributed by atoms with van der Waals surface area (Å²) in [4.78, 5) is 35.9. The monoisotopic (exact) mass is 754 g/mol. The quantitative estimate of drug-likeness (QED) is 0.110. The van der Waals surface area contributed by atoms with E-state index in [0.717, 1.165) is 0 Å². The van der Waals surface area contributed by atoms with Crippen molar-refractivity contribution in [2.45, 2.75) is 64.8 Å². The van der Waals surface area contributed by atoms with Crippen LogP contribution in [-0.2, 0) is 22.6 Å². The summed E-state index contributed by atoms with van der Waals surface area (Å²) >= 11 is 13.9. The molecule has 52 heavy (non-hydrogen) atoms. The summed E-state index contributed by atoms with van der Waals surface area (Å²) in [6.07, 6.45) is 2.44. The van der Waals surface area contributed by atoms with Gasteiger partial charge >= 0.3 is 6.09 Å². The number of halogens is 4. The Morgan fingerprint density at radius 2 is 1.81 bits per heavy atom. The second-order valence-electron chi connectivity index (χ2n) is 13.3. The zero-order valence-electron chi connectivity index (χ0n) is 29.5. The number of benzene rings is 2. The van der Waals surface area contributed by atoms with E-state index in [0.29, 0.717) is 65.1 Å². The molecule has 1 saturated heterocycles. The molecule has 2 aromatic carbocycles. The number of aromatic nitrogens is 2. The van der Waals surface area contributed by atoms with E-state index in [4.69, 9.17) is 37.7 Å². The van der Waals surface area contributed by atoms with Crippen molar-refractivity contribution in [3.8, 4) is 28.4 Å². The zero-order chi connectivity index (χ0) is 37.4. The normalized spacial score (nSPS) is 14.2. The molecule has 3 N–H and O–H groups in total. The highest BCUT2D eigenvalue weighted by Crippen LogP contribution is 2.41. The molecule has 3 heterocycles. The molecule has 2 amide bonds. The van der Waals surface area contributed by atoms with E-state index in [2.05, 4.69) is 20.9 Å². The largest absolute Gasteiger partial charge is 0.481 e. The van der Waals surface area contributed by atoms with Crippen molar-refractivity contribution in [3.05, 3.63) is 87.8 Å². The maximum atomic E-state index is 15.4.